The second-order valence-electron chi connectivity index (χ2n) is 6.74. The molecule has 9 nitrogen and oxygen atoms in total. The summed E-state index contributed by atoms with van der Waals surface area (Å²) in [6.45, 7) is -0.494. The van der Waals surface area contributed by atoms with Gasteiger partial charge in [0.1, 0.15) is 16.8 Å². The van der Waals surface area contributed by atoms with Crippen molar-refractivity contribution >= 4 is 39.4 Å². The predicted octanol–water partition coefficient (Wildman–Crippen LogP) is 1.18. The highest BCUT2D eigenvalue weighted by atomic mass is 32.1. The van der Waals surface area contributed by atoms with Gasteiger partial charge in [0, 0.05) is 5.56 Å². The zero-order chi connectivity index (χ0) is 21.7. The molecule has 0 atom stereocenters. The molecule has 0 radical (unpaired) electrons. The van der Waals surface area contributed by atoms with Gasteiger partial charge in [-0.15, -0.1) is 5.10 Å². The molecule has 1 aliphatic rings. The number of rotatable bonds is 4. The number of anilines is 1. The van der Waals surface area contributed by atoms with E-state index in [1.54, 1.807) is 36.4 Å². The molecule has 1 aliphatic heterocycles. The van der Waals surface area contributed by atoms with Gasteiger partial charge in [0.25, 0.3) is 11.5 Å². The van der Waals surface area contributed by atoms with Crippen molar-refractivity contribution in [1.82, 2.24) is 14.6 Å². The lowest BCUT2D eigenvalue weighted by molar-refractivity contribution is -0.136. The topological polar surface area (TPSA) is 114 Å². The normalized spacial score (nSPS) is 14.9. The van der Waals surface area contributed by atoms with Crippen molar-refractivity contribution in [3.63, 3.8) is 0 Å². The van der Waals surface area contributed by atoms with Gasteiger partial charge in [-0.1, -0.05) is 41.7 Å². The number of para-hydroxylation sites is 2. The molecule has 5 rings (SSSR count). The Labute approximate surface area is 178 Å². The molecule has 0 spiro atoms. The number of amides is 1. The number of aromatic nitrogens is 3. The highest BCUT2D eigenvalue weighted by Crippen LogP contribution is 2.35. The van der Waals surface area contributed by atoms with Gasteiger partial charge in [0.2, 0.25) is 4.96 Å². The van der Waals surface area contributed by atoms with Gasteiger partial charge in [-0.25, -0.2) is 0 Å². The molecule has 3 heterocycles. The Balaban J connectivity index is 1.72. The van der Waals surface area contributed by atoms with Crippen LogP contribution in [0.2, 0.25) is 0 Å². The third-order valence-electron chi connectivity index (χ3n) is 4.95. The first-order valence-electron chi connectivity index (χ1n) is 9.20. The number of hydrogen-bond acceptors (Lipinski definition) is 7. The van der Waals surface area contributed by atoms with E-state index in [0.29, 0.717) is 33.3 Å². The summed E-state index contributed by atoms with van der Waals surface area (Å²) in [6.07, 6.45) is 0. The Hall–Kier alpha value is -4.05. The number of ether oxygens (including phenoxy) is 1. The number of aliphatic carboxylic acids is 1. The molecule has 2 aromatic carbocycles. The third kappa shape index (κ3) is 2.88. The van der Waals surface area contributed by atoms with E-state index in [1.165, 1.54) is 7.11 Å². The maximum Gasteiger partial charge on any atom is 0.323 e. The lowest BCUT2D eigenvalue weighted by Crippen LogP contribution is -2.35. The number of nitrogens with zero attached hydrogens (tertiary/aromatic N) is 4. The molecule has 0 saturated carbocycles. The van der Waals surface area contributed by atoms with Crippen molar-refractivity contribution < 1.29 is 19.4 Å². The van der Waals surface area contributed by atoms with E-state index in [0.717, 1.165) is 20.8 Å². The molecular weight excluding hydrogens is 420 g/mol. The van der Waals surface area contributed by atoms with Gasteiger partial charge in [-0.2, -0.15) is 9.50 Å². The summed E-state index contributed by atoms with van der Waals surface area (Å²) in [7, 11) is 1.54. The molecule has 1 amide bonds. The zero-order valence-electron chi connectivity index (χ0n) is 16.1. The second-order valence-corrected chi connectivity index (χ2v) is 7.72. The van der Waals surface area contributed by atoms with Crippen LogP contribution < -0.4 is 19.7 Å². The van der Waals surface area contributed by atoms with Gasteiger partial charge < -0.3 is 9.84 Å². The van der Waals surface area contributed by atoms with Crippen molar-refractivity contribution in [2.24, 2.45) is 0 Å². The number of hydrogen-bond donors (Lipinski definition) is 1. The lowest BCUT2D eigenvalue weighted by atomic mass is 10.1. The molecule has 1 N–H and O–H groups in total. The van der Waals surface area contributed by atoms with Crippen LogP contribution in [0, 0.1) is 0 Å². The maximum absolute atomic E-state index is 13.1. The molecule has 0 aliphatic carbocycles. The van der Waals surface area contributed by atoms with Crippen LogP contribution in [0.15, 0.2) is 53.3 Å². The van der Waals surface area contributed by atoms with Gasteiger partial charge in [0.15, 0.2) is 5.82 Å². The van der Waals surface area contributed by atoms with Crippen LogP contribution in [0.4, 0.5) is 5.69 Å². The van der Waals surface area contributed by atoms with Crippen LogP contribution in [-0.2, 0) is 9.59 Å². The van der Waals surface area contributed by atoms with E-state index < -0.39 is 24.0 Å². The molecule has 0 unspecified atom stereocenters. The molecule has 31 heavy (non-hydrogen) atoms. The standard InChI is InChI=1S/C21H14N4O5S/c1-30-14-9-5-3-7-12(14)18-22-21-25(23-18)20(29)17(31-21)16-11-6-2-4-8-13(11)24(19(16)28)10-15(26)27/h2-9H,10H2,1H3,(H,26,27). The fourth-order valence-corrected chi connectivity index (χ4v) is 4.62. The number of carboxylic acid groups (broad SMARTS) is 1. The first kappa shape index (κ1) is 18.9. The largest absolute Gasteiger partial charge is 0.496 e. The highest BCUT2D eigenvalue weighted by Gasteiger charge is 2.35. The van der Waals surface area contributed by atoms with E-state index in [-0.39, 0.29) is 10.1 Å². The molecule has 10 heteroatoms. The number of carbonyl (C=O) groups is 2. The van der Waals surface area contributed by atoms with Crippen molar-refractivity contribution in [1.29, 1.82) is 0 Å². The summed E-state index contributed by atoms with van der Waals surface area (Å²) in [5.41, 5.74) is 1.30. The second kappa shape index (κ2) is 7.03. The van der Waals surface area contributed by atoms with Crippen LogP contribution in [0.5, 0.6) is 5.75 Å². The van der Waals surface area contributed by atoms with Gasteiger partial charge in [0.05, 0.1) is 23.9 Å². The van der Waals surface area contributed by atoms with Crippen molar-refractivity contribution in [3.05, 3.63) is 69.0 Å². The summed E-state index contributed by atoms with van der Waals surface area (Å²) < 4.78 is 6.67. The minimum atomic E-state index is -1.14. The molecule has 4 aromatic rings. The van der Waals surface area contributed by atoms with Gasteiger partial charge >= 0.3 is 5.97 Å². The van der Waals surface area contributed by atoms with E-state index in [1.807, 2.05) is 12.1 Å². The number of carbonyl (C=O) groups excluding carboxylic acids is 1. The minimum Gasteiger partial charge on any atom is -0.496 e. The van der Waals surface area contributed by atoms with Crippen molar-refractivity contribution in [2.45, 2.75) is 0 Å². The summed E-state index contributed by atoms with van der Waals surface area (Å²) in [5, 5.41) is 13.5. The van der Waals surface area contributed by atoms with Crippen LogP contribution in [0.1, 0.15) is 5.56 Å². The summed E-state index contributed by atoms with van der Waals surface area (Å²) in [5.74, 6) is -0.763. The number of carboxylic acids is 1. The molecule has 0 saturated heterocycles. The molecule has 2 aromatic heterocycles. The van der Waals surface area contributed by atoms with Crippen molar-refractivity contribution in [3.8, 4) is 17.1 Å². The number of methoxy groups -OCH3 is 1. The van der Waals surface area contributed by atoms with E-state index in [4.69, 9.17) is 4.74 Å². The average molecular weight is 434 g/mol. The van der Waals surface area contributed by atoms with E-state index in [2.05, 4.69) is 10.1 Å². The maximum atomic E-state index is 13.1. The highest BCUT2D eigenvalue weighted by molar-refractivity contribution is 7.15. The first-order valence-corrected chi connectivity index (χ1v) is 10.0. The number of thiazole rings is 1. The van der Waals surface area contributed by atoms with E-state index >= 15 is 0 Å². The minimum absolute atomic E-state index is 0.165. The van der Waals surface area contributed by atoms with E-state index in [9.17, 15) is 19.5 Å². The number of benzene rings is 2. The zero-order valence-corrected chi connectivity index (χ0v) is 16.9. The predicted molar refractivity (Wildman–Crippen MR) is 113 cm³/mol. The van der Waals surface area contributed by atoms with Crippen LogP contribution in [0.25, 0.3) is 21.9 Å². The number of fused-ring (bicyclic) bond motifs is 2. The van der Waals surface area contributed by atoms with Gasteiger partial charge in [-0.05, 0) is 18.2 Å². The average Bonchev–Trinajstić information content (AvgIpc) is 3.39. The fourth-order valence-electron chi connectivity index (χ4n) is 3.62. The molecular formula is C21H14N4O5S. The van der Waals surface area contributed by atoms with Crippen LogP contribution in [-0.4, -0.2) is 45.2 Å². The Kier molecular flexibility index (Phi) is 4.29. The lowest BCUT2D eigenvalue weighted by Gasteiger charge is -2.13. The monoisotopic (exact) mass is 434 g/mol. The SMILES string of the molecule is COc1ccccc1-c1nc2sc(=C3C(=O)N(CC(=O)O)c4ccccc43)c(=O)n2n1. The Morgan fingerprint density at radius 3 is 2.52 bits per heavy atom. The van der Waals surface area contributed by atoms with Gasteiger partial charge in [-0.3, -0.25) is 19.3 Å². The van der Waals surface area contributed by atoms with Crippen molar-refractivity contribution in [2.75, 3.05) is 18.6 Å². The van der Waals surface area contributed by atoms with Crippen LogP contribution >= 0.6 is 11.3 Å². The molecule has 0 fully saturated rings. The summed E-state index contributed by atoms with van der Waals surface area (Å²) in [6, 6.07) is 14.0. The Morgan fingerprint density at radius 2 is 1.81 bits per heavy atom. The molecule has 0 bridgehead atoms. The Bertz CT molecular complexity index is 1490. The fraction of sp³-hybridized carbons (Fsp3) is 0.0952. The third-order valence-corrected chi connectivity index (χ3v) is 5.98. The summed E-state index contributed by atoms with van der Waals surface area (Å²) in [4.78, 5) is 43.4. The molecule has 154 valence electrons. The smallest absolute Gasteiger partial charge is 0.323 e. The van der Waals surface area contributed by atoms with Crippen LogP contribution in [0.3, 0.4) is 0 Å². The summed E-state index contributed by atoms with van der Waals surface area (Å²) >= 11 is 1.04. The first-order chi connectivity index (χ1) is 15.0. The quantitative estimate of drug-likeness (QED) is 0.513. The Morgan fingerprint density at radius 1 is 1.10 bits per heavy atom.